The number of amides is 1. The number of ether oxygens (including phenoxy) is 1. The molecule has 17 heavy (non-hydrogen) atoms. The minimum atomic E-state index is -0.269. The van der Waals surface area contributed by atoms with E-state index in [4.69, 9.17) is 16.3 Å². The third kappa shape index (κ3) is 5.26. The van der Waals surface area contributed by atoms with Gasteiger partial charge < -0.3 is 10.1 Å². The molecule has 0 unspecified atom stereocenters. The number of carbonyl (C=O) groups is 1. The van der Waals surface area contributed by atoms with Gasteiger partial charge in [-0.05, 0) is 33.6 Å². The van der Waals surface area contributed by atoms with E-state index in [1.54, 1.807) is 0 Å². The van der Waals surface area contributed by atoms with Gasteiger partial charge in [0, 0.05) is 17.8 Å². The number of alkyl halides is 1. The highest BCUT2D eigenvalue weighted by molar-refractivity contribution is 6.18. The molecule has 0 aromatic rings. The van der Waals surface area contributed by atoms with Crippen LogP contribution in [-0.2, 0) is 9.53 Å². The van der Waals surface area contributed by atoms with Gasteiger partial charge >= 0.3 is 0 Å². The molecule has 0 saturated heterocycles. The Morgan fingerprint density at radius 3 is 2.41 bits per heavy atom. The van der Waals surface area contributed by atoms with Crippen molar-refractivity contribution in [3.05, 3.63) is 0 Å². The van der Waals surface area contributed by atoms with E-state index in [2.05, 4.69) is 5.32 Å². The molecule has 100 valence electrons. The Morgan fingerprint density at radius 2 is 1.94 bits per heavy atom. The minimum absolute atomic E-state index is 0.0451. The van der Waals surface area contributed by atoms with E-state index in [9.17, 15) is 4.79 Å². The van der Waals surface area contributed by atoms with Crippen molar-refractivity contribution in [1.29, 1.82) is 0 Å². The Labute approximate surface area is 109 Å². The average molecular weight is 262 g/mol. The van der Waals surface area contributed by atoms with Crippen LogP contribution in [0.2, 0.25) is 0 Å². The summed E-state index contributed by atoms with van der Waals surface area (Å²) in [4.78, 5) is 11.6. The molecule has 0 aromatic heterocycles. The van der Waals surface area contributed by atoms with Crippen LogP contribution in [0.5, 0.6) is 0 Å². The maximum Gasteiger partial charge on any atom is 0.246 e. The highest BCUT2D eigenvalue weighted by atomic mass is 35.5. The van der Waals surface area contributed by atoms with Crippen LogP contribution >= 0.6 is 11.6 Å². The fourth-order valence-electron chi connectivity index (χ4n) is 2.10. The predicted molar refractivity (Wildman–Crippen MR) is 70.3 cm³/mol. The standard InChI is InChI=1S/C13H24ClNO2/c1-12(2,3)17-8-11(16)15-10-13(9-14)6-4-5-7-13/h4-10H2,1-3H3,(H,15,16). The number of hydrogen-bond acceptors (Lipinski definition) is 2. The minimum Gasteiger partial charge on any atom is -0.366 e. The van der Waals surface area contributed by atoms with E-state index in [0.29, 0.717) is 12.4 Å². The molecule has 1 N–H and O–H groups in total. The Balaban J connectivity index is 2.27. The van der Waals surface area contributed by atoms with E-state index in [-0.39, 0.29) is 23.5 Å². The first-order valence-corrected chi connectivity index (χ1v) is 6.87. The lowest BCUT2D eigenvalue weighted by molar-refractivity contribution is -0.131. The third-order valence-electron chi connectivity index (χ3n) is 3.24. The summed E-state index contributed by atoms with van der Waals surface area (Å²) in [6, 6.07) is 0. The van der Waals surface area contributed by atoms with E-state index in [1.165, 1.54) is 12.8 Å². The van der Waals surface area contributed by atoms with Crippen LogP contribution in [-0.4, -0.2) is 30.5 Å². The van der Waals surface area contributed by atoms with Gasteiger partial charge in [0.25, 0.3) is 0 Å². The first kappa shape index (κ1) is 14.8. The zero-order valence-corrected chi connectivity index (χ0v) is 11.9. The fourth-order valence-corrected chi connectivity index (χ4v) is 2.46. The molecule has 3 nitrogen and oxygen atoms in total. The maximum atomic E-state index is 11.6. The molecule has 0 bridgehead atoms. The van der Waals surface area contributed by atoms with Gasteiger partial charge in [-0.25, -0.2) is 0 Å². The highest BCUT2D eigenvalue weighted by Gasteiger charge is 2.33. The summed E-state index contributed by atoms with van der Waals surface area (Å²) >= 11 is 6.02. The summed E-state index contributed by atoms with van der Waals surface area (Å²) in [5.41, 5.74) is -0.145. The molecule has 1 rings (SSSR count). The SMILES string of the molecule is CC(C)(C)OCC(=O)NCC1(CCl)CCCC1. The summed E-state index contributed by atoms with van der Waals surface area (Å²) in [6.45, 7) is 6.64. The topological polar surface area (TPSA) is 38.3 Å². The van der Waals surface area contributed by atoms with E-state index >= 15 is 0 Å². The number of halogens is 1. The Kier molecular flexibility index (Phi) is 5.26. The molecule has 0 heterocycles. The van der Waals surface area contributed by atoms with Gasteiger partial charge in [-0.2, -0.15) is 0 Å². The van der Waals surface area contributed by atoms with E-state index < -0.39 is 0 Å². The number of hydrogen-bond donors (Lipinski definition) is 1. The number of rotatable bonds is 5. The van der Waals surface area contributed by atoms with Crippen molar-refractivity contribution < 1.29 is 9.53 Å². The average Bonchev–Trinajstić information content (AvgIpc) is 2.72. The lowest BCUT2D eigenvalue weighted by Crippen LogP contribution is -2.40. The van der Waals surface area contributed by atoms with Crippen LogP contribution in [0.25, 0.3) is 0 Å². The molecule has 4 heteroatoms. The van der Waals surface area contributed by atoms with Gasteiger partial charge in [0.1, 0.15) is 6.61 Å². The van der Waals surface area contributed by atoms with Gasteiger partial charge in [0.05, 0.1) is 5.60 Å². The molecular formula is C13H24ClNO2. The molecule has 1 aliphatic rings. The first-order valence-electron chi connectivity index (χ1n) is 6.34. The largest absolute Gasteiger partial charge is 0.366 e. The summed E-state index contributed by atoms with van der Waals surface area (Å²) < 4.78 is 5.43. The second kappa shape index (κ2) is 6.05. The summed E-state index contributed by atoms with van der Waals surface area (Å²) in [5, 5.41) is 2.94. The van der Waals surface area contributed by atoms with E-state index in [1.807, 2.05) is 20.8 Å². The lowest BCUT2D eigenvalue weighted by Gasteiger charge is -2.27. The van der Waals surface area contributed by atoms with Crippen molar-refractivity contribution in [2.24, 2.45) is 5.41 Å². The van der Waals surface area contributed by atoms with Crippen molar-refractivity contribution in [1.82, 2.24) is 5.32 Å². The van der Waals surface area contributed by atoms with Crippen LogP contribution in [0.1, 0.15) is 46.5 Å². The molecular weight excluding hydrogens is 238 g/mol. The van der Waals surface area contributed by atoms with Crippen LogP contribution in [0.4, 0.5) is 0 Å². The zero-order valence-electron chi connectivity index (χ0n) is 11.1. The number of carbonyl (C=O) groups excluding carboxylic acids is 1. The van der Waals surface area contributed by atoms with Gasteiger partial charge in [-0.15, -0.1) is 11.6 Å². The molecule has 1 saturated carbocycles. The lowest BCUT2D eigenvalue weighted by atomic mass is 9.88. The van der Waals surface area contributed by atoms with Crippen molar-refractivity contribution >= 4 is 17.5 Å². The van der Waals surface area contributed by atoms with Crippen LogP contribution in [0.15, 0.2) is 0 Å². The first-order chi connectivity index (χ1) is 7.87. The summed E-state index contributed by atoms with van der Waals surface area (Å²) in [7, 11) is 0. The van der Waals surface area contributed by atoms with Crippen LogP contribution in [0.3, 0.4) is 0 Å². The molecule has 0 radical (unpaired) electrons. The molecule has 1 fully saturated rings. The summed E-state index contributed by atoms with van der Waals surface area (Å²) in [5.74, 6) is 0.587. The van der Waals surface area contributed by atoms with Crippen LogP contribution < -0.4 is 5.32 Å². The quantitative estimate of drug-likeness (QED) is 0.773. The fraction of sp³-hybridized carbons (Fsp3) is 0.923. The Hall–Kier alpha value is -0.280. The number of nitrogens with one attached hydrogen (secondary N) is 1. The zero-order chi connectivity index (χ0) is 12.9. The molecule has 1 amide bonds. The van der Waals surface area contributed by atoms with Crippen LogP contribution in [0, 0.1) is 5.41 Å². The van der Waals surface area contributed by atoms with Crippen molar-refractivity contribution in [2.75, 3.05) is 19.0 Å². The van der Waals surface area contributed by atoms with Gasteiger partial charge in [-0.3, -0.25) is 4.79 Å². The molecule has 0 aromatic carbocycles. The summed E-state index contributed by atoms with van der Waals surface area (Å²) in [6.07, 6.45) is 4.69. The van der Waals surface area contributed by atoms with Crippen molar-refractivity contribution in [3.63, 3.8) is 0 Å². The molecule has 1 aliphatic carbocycles. The Bertz CT molecular complexity index is 255. The Morgan fingerprint density at radius 1 is 1.35 bits per heavy atom. The normalized spacial score (nSPS) is 19.3. The predicted octanol–water partition coefficient (Wildman–Crippen LogP) is 2.72. The van der Waals surface area contributed by atoms with E-state index in [0.717, 1.165) is 12.8 Å². The maximum absolute atomic E-state index is 11.6. The van der Waals surface area contributed by atoms with Gasteiger partial charge in [0.2, 0.25) is 5.91 Å². The second-order valence-electron chi connectivity index (χ2n) is 6.02. The van der Waals surface area contributed by atoms with Gasteiger partial charge in [-0.1, -0.05) is 12.8 Å². The van der Waals surface area contributed by atoms with Crippen molar-refractivity contribution in [3.8, 4) is 0 Å². The van der Waals surface area contributed by atoms with Gasteiger partial charge in [0.15, 0.2) is 0 Å². The molecule has 0 atom stereocenters. The molecule has 0 aliphatic heterocycles. The third-order valence-corrected chi connectivity index (χ3v) is 3.81. The van der Waals surface area contributed by atoms with Crippen molar-refractivity contribution in [2.45, 2.75) is 52.1 Å². The highest BCUT2D eigenvalue weighted by Crippen LogP contribution is 2.38. The smallest absolute Gasteiger partial charge is 0.246 e. The molecule has 0 spiro atoms. The monoisotopic (exact) mass is 261 g/mol. The second-order valence-corrected chi connectivity index (χ2v) is 6.29.